The molecule has 27 heavy (non-hydrogen) atoms. The molecule has 3 amide bonds. The van der Waals surface area contributed by atoms with Crippen LogP contribution < -0.4 is 16.0 Å². The van der Waals surface area contributed by atoms with Gasteiger partial charge in [-0.05, 0) is 43.0 Å². The standard InChI is InChI=1S/C20H32N4O3/c1-14(2)11-17(24-7-9-27-10-8-24)13-22-20(26)23-18-6-5-16(12-15(18)3)19(25)21-4/h5-6,12,14,17H,7-11,13H2,1-4H3,(H,21,25)(H2,22,23,26). The quantitative estimate of drug-likeness (QED) is 0.681. The van der Waals surface area contributed by atoms with E-state index >= 15 is 0 Å². The van der Waals surface area contributed by atoms with E-state index in [1.807, 2.05) is 6.92 Å². The first kappa shape index (κ1) is 21.2. The van der Waals surface area contributed by atoms with Gasteiger partial charge in [0.2, 0.25) is 0 Å². The fourth-order valence-corrected chi connectivity index (χ4v) is 3.31. The lowest BCUT2D eigenvalue weighted by Gasteiger charge is -2.35. The number of rotatable bonds is 7. The lowest BCUT2D eigenvalue weighted by atomic mass is 10.0. The molecule has 0 aliphatic carbocycles. The zero-order valence-corrected chi connectivity index (χ0v) is 16.8. The topological polar surface area (TPSA) is 82.7 Å². The number of benzene rings is 1. The van der Waals surface area contributed by atoms with E-state index in [0.717, 1.165) is 38.3 Å². The highest BCUT2D eigenvalue weighted by molar-refractivity contribution is 5.96. The molecule has 1 aliphatic heterocycles. The summed E-state index contributed by atoms with van der Waals surface area (Å²) in [6, 6.07) is 5.30. The number of carbonyl (C=O) groups is 2. The molecule has 1 atom stereocenters. The molecule has 0 bridgehead atoms. The van der Waals surface area contributed by atoms with Crippen molar-refractivity contribution in [3.8, 4) is 0 Å². The van der Waals surface area contributed by atoms with Crippen LogP contribution in [0.3, 0.4) is 0 Å². The third kappa shape index (κ3) is 6.52. The molecule has 1 aromatic carbocycles. The number of urea groups is 1. The SMILES string of the molecule is CNC(=O)c1ccc(NC(=O)NCC(CC(C)C)N2CCOCC2)c(C)c1. The van der Waals surface area contributed by atoms with E-state index in [2.05, 4.69) is 34.7 Å². The summed E-state index contributed by atoms with van der Waals surface area (Å²) < 4.78 is 5.44. The number of anilines is 1. The Morgan fingerprint density at radius 3 is 2.52 bits per heavy atom. The molecule has 1 fully saturated rings. The van der Waals surface area contributed by atoms with E-state index in [4.69, 9.17) is 4.74 Å². The van der Waals surface area contributed by atoms with Crippen LogP contribution >= 0.6 is 0 Å². The predicted octanol–water partition coefficient (Wildman–Crippen LogP) is 2.22. The fourth-order valence-electron chi connectivity index (χ4n) is 3.31. The summed E-state index contributed by atoms with van der Waals surface area (Å²) >= 11 is 0. The summed E-state index contributed by atoms with van der Waals surface area (Å²) in [6.07, 6.45) is 1.03. The molecule has 150 valence electrons. The van der Waals surface area contributed by atoms with Crippen LogP contribution in [0, 0.1) is 12.8 Å². The van der Waals surface area contributed by atoms with Crippen molar-refractivity contribution in [2.24, 2.45) is 5.92 Å². The van der Waals surface area contributed by atoms with Gasteiger partial charge in [0.25, 0.3) is 5.91 Å². The van der Waals surface area contributed by atoms with Crippen molar-refractivity contribution in [1.29, 1.82) is 0 Å². The van der Waals surface area contributed by atoms with E-state index in [1.54, 1.807) is 25.2 Å². The van der Waals surface area contributed by atoms with Crippen molar-refractivity contribution in [1.82, 2.24) is 15.5 Å². The first-order valence-corrected chi connectivity index (χ1v) is 9.60. The van der Waals surface area contributed by atoms with Gasteiger partial charge in [0.15, 0.2) is 0 Å². The summed E-state index contributed by atoms with van der Waals surface area (Å²) in [7, 11) is 1.60. The van der Waals surface area contributed by atoms with Crippen molar-refractivity contribution in [3.63, 3.8) is 0 Å². The minimum Gasteiger partial charge on any atom is -0.379 e. The Balaban J connectivity index is 1.92. The molecule has 7 nitrogen and oxygen atoms in total. The molecule has 2 rings (SSSR count). The van der Waals surface area contributed by atoms with Gasteiger partial charge in [-0.1, -0.05) is 13.8 Å². The molecule has 3 N–H and O–H groups in total. The second-order valence-corrected chi connectivity index (χ2v) is 7.38. The Kier molecular flexibility index (Phi) is 8.06. The zero-order chi connectivity index (χ0) is 19.8. The highest BCUT2D eigenvalue weighted by atomic mass is 16.5. The van der Waals surface area contributed by atoms with Crippen LogP contribution in [0.5, 0.6) is 0 Å². The zero-order valence-electron chi connectivity index (χ0n) is 16.8. The van der Waals surface area contributed by atoms with E-state index in [9.17, 15) is 9.59 Å². The van der Waals surface area contributed by atoms with Gasteiger partial charge in [0.05, 0.1) is 13.2 Å². The molecule has 1 aromatic rings. The van der Waals surface area contributed by atoms with Crippen LogP contribution in [0.25, 0.3) is 0 Å². The molecule has 1 unspecified atom stereocenters. The van der Waals surface area contributed by atoms with Gasteiger partial charge >= 0.3 is 6.03 Å². The third-order valence-electron chi connectivity index (χ3n) is 4.77. The maximum absolute atomic E-state index is 12.4. The average molecular weight is 377 g/mol. The smallest absolute Gasteiger partial charge is 0.319 e. The van der Waals surface area contributed by atoms with Gasteiger partial charge < -0.3 is 20.7 Å². The Morgan fingerprint density at radius 1 is 1.22 bits per heavy atom. The predicted molar refractivity (Wildman–Crippen MR) is 107 cm³/mol. The molecule has 7 heteroatoms. The summed E-state index contributed by atoms with van der Waals surface area (Å²) in [6.45, 7) is 10.2. The minimum atomic E-state index is -0.229. The molecule has 0 spiro atoms. The average Bonchev–Trinajstić information content (AvgIpc) is 2.66. The second kappa shape index (κ2) is 10.3. The van der Waals surface area contributed by atoms with E-state index in [0.29, 0.717) is 29.8 Å². The lowest BCUT2D eigenvalue weighted by Crippen LogP contribution is -2.49. The van der Waals surface area contributed by atoms with Gasteiger partial charge in [0, 0.05) is 44.0 Å². The third-order valence-corrected chi connectivity index (χ3v) is 4.77. The van der Waals surface area contributed by atoms with Crippen molar-refractivity contribution in [3.05, 3.63) is 29.3 Å². The number of hydrogen-bond donors (Lipinski definition) is 3. The maximum atomic E-state index is 12.4. The maximum Gasteiger partial charge on any atom is 0.319 e. The van der Waals surface area contributed by atoms with Crippen molar-refractivity contribution < 1.29 is 14.3 Å². The van der Waals surface area contributed by atoms with Gasteiger partial charge in [-0.2, -0.15) is 0 Å². The minimum absolute atomic E-state index is 0.142. The summed E-state index contributed by atoms with van der Waals surface area (Å²) in [5.74, 6) is 0.415. The first-order chi connectivity index (χ1) is 12.9. The largest absolute Gasteiger partial charge is 0.379 e. The Labute approximate surface area is 161 Å². The number of amides is 3. The first-order valence-electron chi connectivity index (χ1n) is 9.60. The number of aryl methyl sites for hydroxylation is 1. The lowest BCUT2D eigenvalue weighted by molar-refractivity contribution is 0.0130. The molecule has 0 saturated carbocycles. The second-order valence-electron chi connectivity index (χ2n) is 7.38. The van der Waals surface area contributed by atoms with Gasteiger partial charge in [-0.25, -0.2) is 4.79 Å². The van der Waals surface area contributed by atoms with Crippen LogP contribution in [-0.4, -0.2) is 62.8 Å². The summed E-state index contributed by atoms with van der Waals surface area (Å²) in [5.41, 5.74) is 2.12. The van der Waals surface area contributed by atoms with E-state index in [1.165, 1.54) is 0 Å². The van der Waals surface area contributed by atoms with E-state index < -0.39 is 0 Å². The van der Waals surface area contributed by atoms with Crippen molar-refractivity contribution in [2.75, 3.05) is 45.2 Å². The fraction of sp³-hybridized carbons (Fsp3) is 0.600. The Morgan fingerprint density at radius 2 is 1.93 bits per heavy atom. The van der Waals surface area contributed by atoms with Crippen LogP contribution in [0.2, 0.25) is 0 Å². The van der Waals surface area contributed by atoms with Crippen LogP contribution in [0.4, 0.5) is 10.5 Å². The van der Waals surface area contributed by atoms with Crippen molar-refractivity contribution >= 4 is 17.6 Å². The van der Waals surface area contributed by atoms with Crippen LogP contribution in [0.1, 0.15) is 36.2 Å². The van der Waals surface area contributed by atoms with Gasteiger partial charge in [-0.15, -0.1) is 0 Å². The highest BCUT2D eigenvalue weighted by Gasteiger charge is 2.22. The summed E-state index contributed by atoms with van der Waals surface area (Å²) in [5, 5.41) is 8.47. The van der Waals surface area contributed by atoms with Crippen LogP contribution in [0.15, 0.2) is 18.2 Å². The Bertz CT molecular complexity index is 642. The van der Waals surface area contributed by atoms with Gasteiger partial charge in [-0.3, -0.25) is 9.69 Å². The highest BCUT2D eigenvalue weighted by Crippen LogP contribution is 2.17. The number of nitrogens with zero attached hydrogens (tertiary/aromatic N) is 1. The molecule has 1 aliphatic rings. The van der Waals surface area contributed by atoms with Gasteiger partial charge in [0.1, 0.15) is 0 Å². The Hall–Kier alpha value is -2.12. The van der Waals surface area contributed by atoms with E-state index in [-0.39, 0.29) is 11.9 Å². The van der Waals surface area contributed by atoms with Crippen LogP contribution in [-0.2, 0) is 4.74 Å². The molecular weight excluding hydrogens is 344 g/mol. The number of morpholine rings is 1. The molecule has 0 aromatic heterocycles. The number of carbonyl (C=O) groups excluding carboxylic acids is 2. The molecule has 1 heterocycles. The number of nitrogens with one attached hydrogen (secondary N) is 3. The van der Waals surface area contributed by atoms with Crippen molar-refractivity contribution in [2.45, 2.75) is 33.2 Å². The molecular formula is C20H32N4O3. The number of hydrogen-bond acceptors (Lipinski definition) is 4. The monoisotopic (exact) mass is 376 g/mol. The normalized spacial score (nSPS) is 16.0. The molecule has 0 radical (unpaired) electrons. The molecule has 1 saturated heterocycles. The summed E-state index contributed by atoms with van der Waals surface area (Å²) in [4.78, 5) is 26.5. The number of ether oxygens (including phenoxy) is 1.